The monoisotopic (exact) mass is 961 g/mol. The number of carbonyl (C=O) groups is 1. The predicted molar refractivity (Wildman–Crippen MR) is 217 cm³/mol. The Hall–Kier alpha value is -4.53. The van der Waals surface area contributed by atoms with Gasteiger partial charge in [-0.2, -0.15) is 0 Å². The van der Waals surface area contributed by atoms with Gasteiger partial charge in [0.25, 0.3) is 23.0 Å². The number of phosphoric acid groups is 2. The number of aromatic nitrogens is 8. The molecule has 6 heterocycles. The van der Waals surface area contributed by atoms with Crippen molar-refractivity contribution in [1.29, 1.82) is 0 Å². The van der Waals surface area contributed by atoms with Gasteiger partial charge in [-0.05, 0) is 20.8 Å². The summed E-state index contributed by atoms with van der Waals surface area (Å²) in [5, 5.41) is 42.8. The van der Waals surface area contributed by atoms with Crippen LogP contribution in [-0.4, -0.2) is 152 Å². The van der Waals surface area contributed by atoms with Gasteiger partial charge < -0.3 is 73.1 Å². The molecule has 0 radical (unpaired) electrons. The van der Waals surface area contributed by atoms with Crippen LogP contribution in [0, 0.1) is 0 Å². The number of quaternary nitrogens is 2. The van der Waals surface area contributed by atoms with E-state index in [1.54, 1.807) is 20.8 Å². The average molecular weight is 962 g/mol. The summed E-state index contributed by atoms with van der Waals surface area (Å²) in [7, 11) is -6.81. The van der Waals surface area contributed by atoms with Gasteiger partial charge in [0.05, 0.1) is 40.5 Å². The van der Waals surface area contributed by atoms with Gasteiger partial charge in [0.1, 0.15) is 42.2 Å². The summed E-state index contributed by atoms with van der Waals surface area (Å²) in [4.78, 5) is 72.4. The molecule has 4 aromatic rings. The van der Waals surface area contributed by atoms with Gasteiger partial charge in [0.2, 0.25) is 23.5 Å². The summed E-state index contributed by atoms with van der Waals surface area (Å²) in [6.07, 6.45) is -10.1. The van der Waals surface area contributed by atoms with Crippen LogP contribution in [0.4, 0.5) is 16.7 Å². The highest BCUT2D eigenvalue weighted by Gasteiger charge is 2.49. The Labute approximate surface area is 361 Å². The molecule has 0 aromatic carbocycles. The molecule has 6 rings (SSSR count). The first-order valence-electron chi connectivity index (χ1n) is 18.6. The van der Waals surface area contributed by atoms with Crippen molar-refractivity contribution in [2.24, 2.45) is 14.1 Å². The Morgan fingerprint density at radius 2 is 1.14 bits per heavy atom. The number of aliphatic hydroxyl groups is 4. The first-order valence-corrected chi connectivity index (χ1v) is 21.6. The number of amides is 1. The van der Waals surface area contributed by atoms with E-state index in [0.717, 1.165) is 4.90 Å². The van der Waals surface area contributed by atoms with E-state index in [1.807, 2.05) is 0 Å². The first kappa shape index (κ1) is 52.1. The standard InChI is InChI=1S/C31H47N11O18P2.2H3N/c1-31(2,3)60-30(49)40(6-8-54-61(50,51)56-10-14-18(43)20(45)26(58-14)41-12-38(4)16-22(41)34-28(32)36-24(16)47)7-9-55-62(52,53)57-11-15-19(44)21(46)27(59-15)42-13-39(5)17-23(42)35-29(33)37-25(17)48;;/h12-15,18-21,26-27,43-46H,6-11H2,1-5H3,(H6-2,32,33,34,35,36,37,47,48,50,51,52,53);2*1H3/p+4/t14-,15?,18-,19-,20-,21-,26-,27-;;/m1../s1. The number of hydrogen-bond donors (Lipinski definition) is 12. The molecule has 0 spiro atoms. The Morgan fingerprint density at radius 3 is 1.50 bits per heavy atom. The third kappa shape index (κ3) is 11.5. The van der Waals surface area contributed by atoms with Crippen LogP contribution in [0.3, 0.4) is 0 Å². The van der Waals surface area contributed by atoms with Crippen molar-refractivity contribution in [3.8, 4) is 0 Å². The number of fused-ring (bicyclic) bond motifs is 2. The Morgan fingerprint density at radius 1 is 0.766 bits per heavy atom. The Balaban J connectivity index is 0.00000449. The molecule has 360 valence electrons. The van der Waals surface area contributed by atoms with Crippen molar-refractivity contribution in [3.63, 3.8) is 0 Å². The number of nitrogens with one attached hydrogen (secondary N) is 2. The van der Waals surface area contributed by atoms with E-state index in [4.69, 9.17) is 43.8 Å². The zero-order valence-corrected chi connectivity index (χ0v) is 37.6. The molecule has 31 nitrogen and oxygen atoms in total. The van der Waals surface area contributed by atoms with Crippen LogP contribution in [0.5, 0.6) is 0 Å². The number of aryl methyl sites for hydroxylation is 2. The lowest BCUT2D eigenvalue weighted by molar-refractivity contribution is -0.746. The van der Waals surface area contributed by atoms with Crippen LogP contribution in [-0.2, 0) is 55.5 Å². The molecule has 0 bridgehead atoms. The van der Waals surface area contributed by atoms with Crippen LogP contribution in [0.2, 0.25) is 0 Å². The largest absolute Gasteiger partial charge is 0.472 e. The number of H-pyrrole nitrogens is 2. The van der Waals surface area contributed by atoms with E-state index in [1.165, 1.54) is 45.0 Å². The van der Waals surface area contributed by atoms with Gasteiger partial charge in [-0.3, -0.25) is 46.8 Å². The van der Waals surface area contributed by atoms with Gasteiger partial charge in [0.15, 0.2) is 12.7 Å². The number of aromatic amines is 2. The van der Waals surface area contributed by atoms with Crippen molar-refractivity contribution >= 4 is 56.0 Å². The summed E-state index contributed by atoms with van der Waals surface area (Å²) in [6.45, 7) is 0.971. The molecule has 2 fully saturated rings. The fraction of sp³-hybridized carbons (Fsp3) is 0.645. The molecule has 20 N–H and O–H groups in total. The second-order valence-electron chi connectivity index (χ2n) is 15.3. The number of nitrogens with zero attached hydrogens (tertiary/aromatic N) is 7. The zero-order chi connectivity index (χ0) is 45.6. The smallest absolute Gasteiger partial charge is 0.444 e. The molecular weight excluding hydrogens is 904 g/mol. The van der Waals surface area contributed by atoms with E-state index in [0.29, 0.717) is 0 Å². The molecule has 1 amide bonds. The van der Waals surface area contributed by atoms with E-state index >= 15 is 0 Å². The number of imidazole rings is 2. The number of hydrogen-bond acceptors (Lipinski definition) is 20. The molecule has 2 aliphatic heterocycles. The molecule has 33 heteroatoms. The van der Waals surface area contributed by atoms with Crippen molar-refractivity contribution in [1.82, 2.24) is 46.3 Å². The van der Waals surface area contributed by atoms with Gasteiger partial charge >= 0.3 is 33.0 Å². The minimum Gasteiger partial charge on any atom is -0.444 e. The van der Waals surface area contributed by atoms with Crippen LogP contribution in [0.1, 0.15) is 33.2 Å². The maximum absolute atomic E-state index is 13.0. The Kier molecular flexibility index (Phi) is 16.2. The highest BCUT2D eigenvalue weighted by molar-refractivity contribution is 7.47. The minimum absolute atomic E-state index is 0. The summed E-state index contributed by atoms with van der Waals surface area (Å²) in [5.74, 6) is -0.441. The number of carbonyl (C=O) groups excluding carboxylic acids is 1. The van der Waals surface area contributed by atoms with Crippen molar-refractivity contribution in [2.75, 3.05) is 51.0 Å². The highest BCUT2D eigenvalue weighted by atomic mass is 31.2. The highest BCUT2D eigenvalue weighted by Crippen LogP contribution is 2.45. The maximum atomic E-state index is 13.0. The van der Waals surface area contributed by atoms with Crippen molar-refractivity contribution in [2.45, 2.75) is 75.5 Å². The van der Waals surface area contributed by atoms with Crippen molar-refractivity contribution < 1.29 is 85.6 Å². The molecule has 4 aromatic heterocycles. The summed E-state index contributed by atoms with van der Waals surface area (Å²) in [5.41, 5.74) is 9.40. The topological polar surface area (TPSA) is 475 Å². The van der Waals surface area contributed by atoms with Gasteiger partial charge in [-0.1, -0.05) is 9.97 Å². The molecule has 0 saturated carbocycles. The molecule has 64 heavy (non-hydrogen) atoms. The van der Waals surface area contributed by atoms with E-state index < -0.39 is 127 Å². The van der Waals surface area contributed by atoms with E-state index in [2.05, 4.69) is 19.9 Å². The second kappa shape index (κ2) is 19.9. The summed E-state index contributed by atoms with van der Waals surface area (Å²) < 4.78 is 67.8. The third-order valence-electron chi connectivity index (χ3n) is 9.49. The number of nitrogen functional groups attached to an aromatic ring is 2. The number of nitrogens with two attached hydrogens (primary N) is 2. The molecular formula is C31H57N13O18P2+4. The zero-order valence-electron chi connectivity index (χ0n) is 35.8. The normalized spacial score (nSPS) is 25.4. The number of rotatable bonds is 16. The molecule has 2 aliphatic rings. The third-order valence-corrected chi connectivity index (χ3v) is 11.5. The van der Waals surface area contributed by atoms with Crippen LogP contribution >= 0.6 is 15.6 Å². The lowest BCUT2D eigenvalue weighted by atomic mass is 10.1. The molecule has 3 unspecified atom stereocenters. The van der Waals surface area contributed by atoms with Crippen LogP contribution < -0.4 is 44.0 Å². The van der Waals surface area contributed by atoms with E-state index in [-0.39, 0.29) is 46.5 Å². The number of anilines is 2. The van der Waals surface area contributed by atoms with Gasteiger partial charge in [-0.15, -0.1) is 0 Å². The van der Waals surface area contributed by atoms with Gasteiger partial charge in [-0.25, -0.2) is 23.1 Å². The van der Waals surface area contributed by atoms with Crippen LogP contribution in [0.25, 0.3) is 22.3 Å². The first-order chi connectivity index (χ1) is 28.9. The predicted octanol–water partition coefficient (Wildman–Crippen LogP) is -3.23. The minimum atomic E-state index is -4.93. The summed E-state index contributed by atoms with van der Waals surface area (Å²) >= 11 is 0. The Bertz CT molecular complexity index is 2360. The lowest BCUT2D eigenvalue weighted by Crippen LogP contribution is -2.46. The number of aliphatic hydroxyl groups excluding tert-OH is 4. The maximum Gasteiger partial charge on any atom is 0.472 e. The molecule has 0 aliphatic carbocycles. The number of ether oxygens (including phenoxy) is 3. The number of phosphoric ester groups is 2. The quantitative estimate of drug-likeness (QED) is 0.0388. The van der Waals surface area contributed by atoms with Gasteiger partial charge in [0, 0.05) is 13.1 Å². The fourth-order valence-corrected chi connectivity index (χ4v) is 8.11. The molecule has 2 saturated heterocycles. The average Bonchev–Trinajstić information content (AvgIpc) is 3.85. The molecule has 10 atom stereocenters. The van der Waals surface area contributed by atoms with Crippen molar-refractivity contribution in [3.05, 3.63) is 33.4 Å². The second-order valence-corrected chi connectivity index (χ2v) is 18.2. The lowest BCUT2D eigenvalue weighted by Gasteiger charge is -2.27. The van der Waals surface area contributed by atoms with Crippen LogP contribution in [0.15, 0.2) is 22.2 Å². The SMILES string of the molecule is Cn1c[n+]([C@@H]2O[C@H](COP(=O)(O)OCCN(CCOP(=O)(O)OCC3O[C@@H]([n+]4cn(C)c5c(=O)[nH]c(N)nc54)[C@H](O)[C@@H]3O)C(=O)OC(C)(C)C)[C@@H](O)[C@H]2O)c2nc(N)[nH]c(=O)c21.[NH4+].[NH4+]. The summed E-state index contributed by atoms with van der Waals surface area (Å²) in [6, 6.07) is 0. The fourth-order valence-electron chi connectivity index (χ4n) is 6.67. The van der Waals surface area contributed by atoms with E-state index in [9.17, 15) is 53.7 Å².